The van der Waals surface area contributed by atoms with E-state index >= 15 is 0 Å². The van der Waals surface area contributed by atoms with Crippen molar-refractivity contribution < 1.29 is 4.74 Å². The molecule has 1 aliphatic heterocycles. The van der Waals surface area contributed by atoms with Gasteiger partial charge in [0.1, 0.15) is 0 Å². The molecule has 0 N–H and O–H groups in total. The van der Waals surface area contributed by atoms with Crippen molar-refractivity contribution in [2.45, 2.75) is 6.92 Å². The van der Waals surface area contributed by atoms with Crippen molar-refractivity contribution in [1.82, 2.24) is 0 Å². The van der Waals surface area contributed by atoms with Gasteiger partial charge < -0.3 is 9.64 Å². The highest BCUT2D eigenvalue weighted by atomic mass is 79.9. The SMILES string of the molecule is CCN1c2ccccc2Oc2cc(Br)ccc21. The third-order valence-corrected chi connectivity index (χ3v) is 3.40. The van der Waals surface area contributed by atoms with Crippen molar-refractivity contribution in [1.29, 1.82) is 0 Å². The number of fused-ring (bicyclic) bond motifs is 2. The molecule has 3 rings (SSSR count). The molecule has 0 aromatic heterocycles. The van der Waals surface area contributed by atoms with Crippen molar-refractivity contribution in [2.24, 2.45) is 0 Å². The van der Waals surface area contributed by atoms with Gasteiger partial charge in [-0.25, -0.2) is 0 Å². The lowest BCUT2D eigenvalue weighted by Crippen LogP contribution is -2.20. The number of anilines is 2. The minimum atomic E-state index is 0.903. The van der Waals surface area contributed by atoms with Gasteiger partial charge in [-0.1, -0.05) is 28.1 Å². The van der Waals surface area contributed by atoms with E-state index < -0.39 is 0 Å². The summed E-state index contributed by atoms with van der Waals surface area (Å²) in [6.45, 7) is 3.07. The Kier molecular flexibility index (Phi) is 2.56. The summed E-state index contributed by atoms with van der Waals surface area (Å²) in [6, 6.07) is 14.3. The zero-order chi connectivity index (χ0) is 11.8. The largest absolute Gasteiger partial charge is 0.453 e. The number of hydrogen-bond donors (Lipinski definition) is 0. The summed E-state index contributed by atoms with van der Waals surface area (Å²) < 4.78 is 6.95. The van der Waals surface area contributed by atoms with Crippen LogP contribution >= 0.6 is 15.9 Å². The molecular formula is C14H12BrNO. The van der Waals surface area contributed by atoms with Crippen LogP contribution in [0.5, 0.6) is 11.5 Å². The van der Waals surface area contributed by atoms with Crippen molar-refractivity contribution in [3.8, 4) is 11.5 Å². The predicted octanol–water partition coefficient (Wildman–Crippen LogP) is 4.71. The average molecular weight is 290 g/mol. The van der Waals surface area contributed by atoms with Gasteiger partial charge in [-0.05, 0) is 37.3 Å². The summed E-state index contributed by atoms with van der Waals surface area (Å²) in [4.78, 5) is 2.26. The summed E-state index contributed by atoms with van der Waals surface area (Å²) in [5.41, 5.74) is 2.25. The first-order valence-electron chi connectivity index (χ1n) is 5.63. The Balaban J connectivity index is 2.18. The van der Waals surface area contributed by atoms with Gasteiger partial charge in [0.05, 0.1) is 11.4 Å². The highest BCUT2D eigenvalue weighted by Gasteiger charge is 2.22. The standard InChI is InChI=1S/C14H12BrNO/c1-2-16-11-5-3-4-6-13(11)17-14-9-10(15)7-8-12(14)16/h3-9H,2H2,1H3. The topological polar surface area (TPSA) is 12.5 Å². The Morgan fingerprint density at radius 3 is 2.65 bits per heavy atom. The fourth-order valence-corrected chi connectivity index (χ4v) is 2.49. The molecule has 86 valence electrons. The molecular weight excluding hydrogens is 278 g/mol. The van der Waals surface area contributed by atoms with E-state index in [2.05, 4.69) is 39.9 Å². The molecule has 1 aliphatic rings. The van der Waals surface area contributed by atoms with Crippen molar-refractivity contribution >= 4 is 27.3 Å². The third-order valence-electron chi connectivity index (χ3n) is 2.90. The Morgan fingerprint density at radius 2 is 1.82 bits per heavy atom. The molecule has 0 bridgehead atoms. The Morgan fingerprint density at radius 1 is 1.06 bits per heavy atom. The van der Waals surface area contributed by atoms with Gasteiger partial charge in [-0.3, -0.25) is 0 Å². The van der Waals surface area contributed by atoms with Crippen molar-refractivity contribution in [3.05, 3.63) is 46.9 Å². The van der Waals surface area contributed by atoms with E-state index in [1.165, 1.54) is 0 Å². The van der Waals surface area contributed by atoms with Gasteiger partial charge in [0.2, 0.25) is 0 Å². The van der Waals surface area contributed by atoms with E-state index in [4.69, 9.17) is 4.74 Å². The van der Waals surface area contributed by atoms with Crippen LogP contribution in [0.1, 0.15) is 6.92 Å². The van der Waals surface area contributed by atoms with Crippen LogP contribution < -0.4 is 9.64 Å². The van der Waals surface area contributed by atoms with Crippen molar-refractivity contribution in [3.63, 3.8) is 0 Å². The van der Waals surface area contributed by atoms with Crippen LogP contribution in [0.25, 0.3) is 0 Å². The summed E-state index contributed by atoms with van der Waals surface area (Å²) in [5.74, 6) is 1.82. The zero-order valence-corrected chi connectivity index (χ0v) is 11.1. The quantitative estimate of drug-likeness (QED) is 0.754. The monoisotopic (exact) mass is 289 g/mol. The van der Waals surface area contributed by atoms with Gasteiger partial charge in [0.15, 0.2) is 11.5 Å². The second-order valence-electron chi connectivity index (χ2n) is 3.93. The lowest BCUT2D eigenvalue weighted by Gasteiger charge is -2.31. The number of ether oxygens (including phenoxy) is 1. The number of halogens is 1. The van der Waals surface area contributed by atoms with Gasteiger partial charge in [0, 0.05) is 11.0 Å². The van der Waals surface area contributed by atoms with Crippen molar-refractivity contribution in [2.75, 3.05) is 11.4 Å². The molecule has 0 saturated heterocycles. The molecule has 0 atom stereocenters. The molecule has 0 aliphatic carbocycles. The summed E-state index contributed by atoms with van der Waals surface area (Å²) in [7, 11) is 0. The summed E-state index contributed by atoms with van der Waals surface area (Å²) >= 11 is 3.47. The summed E-state index contributed by atoms with van der Waals surface area (Å²) in [5, 5.41) is 0. The first-order chi connectivity index (χ1) is 8.29. The maximum atomic E-state index is 5.92. The van der Waals surface area contributed by atoms with Gasteiger partial charge in [-0.15, -0.1) is 0 Å². The number of rotatable bonds is 1. The van der Waals surface area contributed by atoms with Crippen LogP contribution in [0.2, 0.25) is 0 Å². The lowest BCUT2D eigenvalue weighted by molar-refractivity contribution is 0.473. The minimum Gasteiger partial charge on any atom is -0.453 e. The van der Waals surface area contributed by atoms with E-state index in [9.17, 15) is 0 Å². The van der Waals surface area contributed by atoms with Crippen LogP contribution in [0, 0.1) is 0 Å². The Labute approximate surface area is 109 Å². The van der Waals surface area contributed by atoms with Crippen LogP contribution in [0.15, 0.2) is 46.9 Å². The van der Waals surface area contributed by atoms with Crippen LogP contribution in [-0.4, -0.2) is 6.54 Å². The first kappa shape index (κ1) is 10.7. The molecule has 3 heteroatoms. The highest BCUT2D eigenvalue weighted by Crippen LogP contribution is 2.46. The maximum Gasteiger partial charge on any atom is 0.152 e. The Bertz CT molecular complexity index is 568. The molecule has 2 aromatic rings. The molecule has 0 spiro atoms. The van der Waals surface area contributed by atoms with E-state index in [1.807, 2.05) is 30.3 Å². The first-order valence-corrected chi connectivity index (χ1v) is 6.43. The van der Waals surface area contributed by atoms with Gasteiger partial charge in [0.25, 0.3) is 0 Å². The van der Waals surface area contributed by atoms with E-state index in [0.717, 1.165) is 33.9 Å². The molecule has 0 radical (unpaired) electrons. The molecule has 0 fully saturated rings. The smallest absolute Gasteiger partial charge is 0.152 e. The van der Waals surface area contributed by atoms with Gasteiger partial charge >= 0.3 is 0 Å². The van der Waals surface area contributed by atoms with Crippen LogP contribution in [-0.2, 0) is 0 Å². The minimum absolute atomic E-state index is 0.903. The number of nitrogens with zero attached hydrogens (tertiary/aromatic N) is 1. The second-order valence-corrected chi connectivity index (χ2v) is 4.84. The lowest BCUT2D eigenvalue weighted by atomic mass is 10.1. The van der Waals surface area contributed by atoms with Crippen LogP contribution in [0.3, 0.4) is 0 Å². The highest BCUT2D eigenvalue weighted by molar-refractivity contribution is 9.10. The molecule has 2 aromatic carbocycles. The zero-order valence-electron chi connectivity index (χ0n) is 9.48. The molecule has 0 saturated carbocycles. The van der Waals surface area contributed by atoms with Crippen LogP contribution in [0.4, 0.5) is 11.4 Å². The van der Waals surface area contributed by atoms with E-state index in [0.29, 0.717) is 0 Å². The predicted molar refractivity (Wildman–Crippen MR) is 73.3 cm³/mol. The number of benzene rings is 2. The van der Waals surface area contributed by atoms with Gasteiger partial charge in [-0.2, -0.15) is 0 Å². The number of para-hydroxylation sites is 2. The molecule has 0 unspecified atom stereocenters. The van der Waals surface area contributed by atoms with E-state index in [1.54, 1.807) is 0 Å². The normalized spacial score (nSPS) is 12.7. The Hall–Kier alpha value is -1.48. The molecule has 0 amide bonds. The molecule has 17 heavy (non-hydrogen) atoms. The second kappa shape index (κ2) is 4.08. The molecule has 1 heterocycles. The average Bonchev–Trinajstić information content (AvgIpc) is 2.35. The maximum absolute atomic E-state index is 5.92. The fourth-order valence-electron chi connectivity index (χ4n) is 2.15. The third kappa shape index (κ3) is 1.71. The fraction of sp³-hybridized carbons (Fsp3) is 0.143. The summed E-state index contributed by atoms with van der Waals surface area (Å²) in [6.07, 6.45) is 0. The van der Waals surface area contributed by atoms with E-state index in [-0.39, 0.29) is 0 Å². The molecule has 2 nitrogen and oxygen atoms in total. The number of hydrogen-bond acceptors (Lipinski definition) is 2.